The summed E-state index contributed by atoms with van der Waals surface area (Å²) in [7, 11) is 3.27. The summed E-state index contributed by atoms with van der Waals surface area (Å²) in [6.45, 7) is -0.149. The quantitative estimate of drug-likeness (QED) is 0.877. The summed E-state index contributed by atoms with van der Waals surface area (Å²) >= 11 is 11.8. The van der Waals surface area contributed by atoms with Crippen LogP contribution in [0.15, 0.2) is 42.5 Å². The smallest absolute Gasteiger partial charge is 0.259 e. The Morgan fingerprint density at radius 1 is 1.08 bits per heavy atom. The molecule has 0 spiro atoms. The van der Waals surface area contributed by atoms with E-state index in [9.17, 15) is 9.59 Å². The SMILES string of the molecule is CN(C)C(=O)COc1ccccc1C(=O)Nc1ccc(Cl)c(Cl)c1. The lowest BCUT2D eigenvalue weighted by Gasteiger charge is -2.14. The average Bonchev–Trinajstić information content (AvgIpc) is 2.56. The molecule has 0 aromatic heterocycles. The largest absolute Gasteiger partial charge is 0.483 e. The fraction of sp³-hybridized carbons (Fsp3) is 0.176. The standard InChI is InChI=1S/C17H16Cl2N2O3/c1-21(2)16(22)10-24-15-6-4-3-5-12(15)17(23)20-11-7-8-13(18)14(19)9-11/h3-9H,10H2,1-2H3,(H,20,23). The highest BCUT2D eigenvalue weighted by atomic mass is 35.5. The zero-order chi connectivity index (χ0) is 17.7. The van der Waals surface area contributed by atoms with Gasteiger partial charge in [-0.1, -0.05) is 35.3 Å². The van der Waals surface area contributed by atoms with Gasteiger partial charge in [0.15, 0.2) is 6.61 Å². The first kappa shape index (κ1) is 18.1. The topological polar surface area (TPSA) is 58.6 Å². The van der Waals surface area contributed by atoms with Crippen LogP contribution in [0.25, 0.3) is 0 Å². The van der Waals surface area contributed by atoms with Crippen LogP contribution in [-0.4, -0.2) is 37.4 Å². The maximum absolute atomic E-state index is 12.4. The molecular weight excluding hydrogens is 351 g/mol. The second-order valence-electron chi connectivity index (χ2n) is 5.16. The number of hydrogen-bond donors (Lipinski definition) is 1. The molecule has 0 heterocycles. The minimum Gasteiger partial charge on any atom is -0.483 e. The summed E-state index contributed by atoms with van der Waals surface area (Å²) in [6, 6.07) is 11.5. The Morgan fingerprint density at radius 2 is 1.79 bits per heavy atom. The van der Waals surface area contributed by atoms with Crippen LogP contribution in [0.5, 0.6) is 5.75 Å². The van der Waals surface area contributed by atoms with E-state index in [1.54, 1.807) is 56.6 Å². The third kappa shape index (κ3) is 4.63. The lowest BCUT2D eigenvalue weighted by molar-refractivity contribution is -0.130. The molecule has 24 heavy (non-hydrogen) atoms. The van der Waals surface area contributed by atoms with Crippen LogP contribution < -0.4 is 10.1 Å². The molecule has 0 saturated carbocycles. The summed E-state index contributed by atoms with van der Waals surface area (Å²) < 4.78 is 5.46. The van der Waals surface area contributed by atoms with Crippen molar-refractivity contribution >= 4 is 40.7 Å². The molecular formula is C17H16Cl2N2O3. The molecule has 0 saturated heterocycles. The molecule has 2 aromatic rings. The van der Waals surface area contributed by atoms with Crippen molar-refractivity contribution in [3.63, 3.8) is 0 Å². The molecule has 0 fully saturated rings. The Morgan fingerprint density at radius 3 is 2.46 bits per heavy atom. The number of likely N-dealkylation sites (N-methyl/N-ethyl adjacent to an activating group) is 1. The Bertz CT molecular complexity index is 763. The number of benzene rings is 2. The van der Waals surface area contributed by atoms with E-state index < -0.39 is 0 Å². The van der Waals surface area contributed by atoms with Crippen molar-refractivity contribution in [3.8, 4) is 5.75 Å². The van der Waals surface area contributed by atoms with Gasteiger partial charge >= 0.3 is 0 Å². The van der Waals surface area contributed by atoms with Gasteiger partial charge in [-0.05, 0) is 30.3 Å². The van der Waals surface area contributed by atoms with Crippen molar-refractivity contribution in [2.24, 2.45) is 0 Å². The van der Waals surface area contributed by atoms with E-state index >= 15 is 0 Å². The van der Waals surface area contributed by atoms with Gasteiger partial charge in [-0.15, -0.1) is 0 Å². The normalized spacial score (nSPS) is 10.2. The van der Waals surface area contributed by atoms with Crippen molar-refractivity contribution in [1.29, 1.82) is 0 Å². The second kappa shape index (κ2) is 8.04. The van der Waals surface area contributed by atoms with E-state index in [0.717, 1.165) is 0 Å². The van der Waals surface area contributed by atoms with E-state index in [1.165, 1.54) is 4.90 Å². The van der Waals surface area contributed by atoms with Gasteiger partial charge < -0.3 is 15.0 Å². The summed E-state index contributed by atoms with van der Waals surface area (Å²) in [6.07, 6.45) is 0. The number of amides is 2. The number of rotatable bonds is 5. The van der Waals surface area contributed by atoms with E-state index in [-0.39, 0.29) is 18.4 Å². The predicted octanol–water partition coefficient (Wildman–Crippen LogP) is 3.71. The number of ether oxygens (including phenoxy) is 1. The monoisotopic (exact) mass is 366 g/mol. The van der Waals surface area contributed by atoms with Gasteiger partial charge in [0.25, 0.3) is 11.8 Å². The van der Waals surface area contributed by atoms with Crippen LogP contribution in [0, 0.1) is 0 Å². The van der Waals surface area contributed by atoms with Crippen LogP contribution in [0.1, 0.15) is 10.4 Å². The molecule has 0 aliphatic carbocycles. The fourth-order valence-electron chi connectivity index (χ4n) is 1.82. The van der Waals surface area contributed by atoms with E-state index in [1.807, 2.05) is 0 Å². The lowest BCUT2D eigenvalue weighted by atomic mass is 10.2. The van der Waals surface area contributed by atoms with Gasteiger partial charge in [-0.3, -0.25) is 9.59 Å². The number of carbonyl (C=O) groups excluding carboxylic acids is 2. The molecule has 0 bridgehead atoms. The molecule has 2 amide bonds. The molecule has 2 rings (SSSR count). The predicted molar refractivity (Wildman–Crippen MR) is 95.0 cm³/mol. The third-order valence-electron chi connectivity index (χ3n) is 3.16. The maximum Gasteiger partial charge on any atom is 0.259 e. The van der Waals surface area contributed by atoms with Gasteiger partial charge in [0, 0.05) is 19.8 Å². The van der Waals surface area contributed by atoms with Gasteiger partial charge in [0.2, 0.25) is 0 Å². The first-order chi connectivity index (χ1) is 11.4. The number of carbonyl (C=O) groups is 2. The summed E-state index contributed by atoms with van der Waals surface area (Å²) in [5.41, 5.74) is 0.823. The molecule has 1 N–H and O–H groups in total. The zero-order valence-electron chi connectivity index (χ0n) is 13.2. The summed E-state index contributed by atoms with van der Waals surface area (Å²) in [5.74, 6) is -0.249. The van der Waals surface area contributed by atoms with E-state index in [4.69, 9.17) is 27.9 Å². The minimum atomic E-state index is -0.374. The Balaban J connectivity index is 2.14. The van der Waals surface area contributed by atoms with Crippen molar-refractivity contribution < 1.29 is 14.3 Å². The number of hydrogen-bond acceptors (Lipinski definition) is 3. The second-order valence-corrected chi connectivity index (χ2v) is 5.97. The third-order valence-corrected chi connectivity index (χ3v) is 3.90. The number of anilines is 1. The van der Waals surface area contributed by atoms with Gasteiger partial charge in [-0.2, -0.15) is 0 Å². The van der Waals surface area contributed by atoms with Crippen LogP contribution in [-0.2, 0) is 4.79 Å². The first-order valence-electron chi connectivity index (χ1n) is 7.07. The molecule has 0 atom stereocenters. The number of halogens is 2. The van der Waals surface area contributed by atoms with Crippen LogP contribution in [0.4, 0.5) is 5.69 Å². The minimum absolute atomic E-state index is 0.149. The zero-order valence-corrected chi connectivity index (χ0v) is 14.7. The van der Waals surface area contributed by atoms with E-state index in [0.29, 0.717) is 27.0 Å². The molecule has 2 aromatic carbocycles. The highest BCUT2D eigenvalue weighted by Crippen LogP contribution is 2.26. The van der Waals surface area contributed by atoms with Crippen LogP contribution in [0.3, 0.4) is 0 Å². The molecule has 0 radical (unpaired) electrons. The van der Waals surface area contributed by atoms with Crippen molar-refractivity contribution in [2.45, 2.75) is 0 Å². The Labute approximate surface area is 150 Å². The van der Waals surface area contributed by atoms with Crippen molar-refractivity contribution in [2.75, 3.05) is 26.0 Å². The van der Waals surface area contributed by atoms with Crippen LogP contribution >= 0.6 is 23.2 Å². The summed E-state index contributed by atoms with van der Waals surface area (Å²) in [5, 5.41) is 3.47. The molecule has 5 nitrogen and oxygen atoms in total. The lowest BCUT2D eigenvalue weighted by Crippen LogP contribution is -2.28. The Kier molecular flexibility index (Phi) is 6.06. The highest BCUT2D eigenvalue weighted by molar-refractivity contribution is 6.42. The number of nitrogens with one attached hydrogen (secondary N) is 1. The van der Waals surface area contributed by atoms with Gasteiger partial charge in [-0.25, -0.2) is 0 Å². The van der Waals surface area contributed by atoms with Gasteiger partial charge in [0.05, 0.1) is 15.6 Å². The van der Waals surface area contributed by atoms with Crippen molar-refractivity contribution in [1.82, 2.24) is 4.90 Å². The van der Waals surface area contributed by atoms with Gasteiger partial charge in [0.1, 0.15) is 5.75 Å². The number of para-hydroxylation sites is 1. The molecule has 0 aliphatic rings. The fourth-order valence-corrected chi connectivity index (χ4v) is 2.12. The molecule has 0 aliphatic heterocycles. The van der Waals surface area contributed by atoms with Crippen LogP contribution in [0.2, 0.25) is 10.0 Å². The summed E-state index contributed by atoms with van der Waals surface area (Å²) in [4.78, 5) is 25.5. The molecule has 7 heteroatoms. The van der Waals surface area contributed by atoms with E-state index in [2.05, 4.69) is 5.32 Å². The highest BCUT2D eigenvalue weighted by Gasteiger charge is 2.14. The Hall–Kier alpha value is -2.24. The first-order valence-corrected chi connectivity index (χ1v) is 7.82. The maximum atomic E-state index is 12.4. The molecule has 0 unspecified atom stereocenters. The average molecular weight is 367 g/mol. The number of nitrogens with zero attached hydrogens (tertiary/aromatic N) is 1. The van der Waals surface area contributed by atoms with Crippen molar-refractivity contribution in [3.05, 3.63) is 58.1 Å². The molecule has 126 valence electrons.